The molecule has 0 aliphatic carbocycles. The third-order valence-corrected chi connectivity index (χ3v) is 4.37. The van der Waals surface area contributed by atoms with Crippen LogP contribution in [0.15, 0.2) is 78.9 Å². The molecule has 5 heteroatoms. The summed E-state index contributed by atoms with van der Waals surface area (Å²) < 4.78 is 13.3. The molecule has 0 aliphatic rings. The number of fused-ring (bicyclic) bond motifs is 1. The molecule has 4 nitrogen and oxygen atoms in total. The van der Waals surface area contributed by atoms with Gasteiger partial charge in [-0.1, -0.05) is 18.2 Å². The van der Waals surface area contributed by atoms with Gasteiger partial charge in [-0.25, -0.2) is 9.37 Å². The van der Waals surface area contributed by atoms with Crippen LogP contribution < -0.4 is 5.32 Å². The SMILES string of the molecule is N#Cc1ccc(NC(=O)c2cc(-c3ccc(F)cc3)nc3ccccc23)cc1. The van der Waals surface area contributed by atoms with Gasteiger partial charge in [0.1, 0.15) is 5.82 Å². The average molecular weight is 367 g/mol. The maximum Gasteiger partial charge on any atom is 0.256 e. The minimum absolute atomic E-state index is 0.285. The molecule has 1 amide bonds. The van der Waals surface area contributed by atoms with Gasteiger partial charge in [-0.05, 0) is 60.7 Å². The first kappa shape index (κ1) is 17.4. The first-order valence-electron chi connectivity index (χ1n) is 8.61. The molecule has 4 rings (SSSR count). The summed E-state index contributed by atoms with van der Waals surface area (Å²) in [6.07, 6.45) is 0. The van der Waals surface area contributed by atoms with Crippen molar-refractivity contribution in [1.82, 2.24) is 4.98 Å². The normalized spacial score (nSPS) is 10.4. The van der Waals surface area contributed by atoms with Crippen molar-refractivity contribution in [3.05, 3.63) is 95.8 Å². The highest BCUT2D eigenvalue weighted by Crippen LogP contribution is 2.26. The van der Waals surface area contributed by atoms with E-state index in [0.717, 1.165) is 10.9 Å². The van der Waals surface area contributed by atoms with Gasteiger partial charge in [0.15, 0.2) is 0 Å². The molecule has 0 radical (unpaired) electrons. The van der Waals surface area contributed by atoms with E-state index in [2.05, 4.69) is 10.3 Å². The highest BCUT2D eigenvalue weighted by Gasteiger charge is 2.14. The largest absolute Gasteiger partial charge is 0.322 e. The lowest BCUT2D eigenvalue weighted by atomic mass is 10.0. The van der Waals surface area contributed by atoms with E-state index in [9.17, 15) is 9.18 Å². The summed E-state index contributed by atoms with van der Waals surface area (Å²) in [5.41, 5.74) is 3.56. The van der Waals surface area contributed by atoms with Crippen molar-refractivity contribution in [2.45, 2.75) is 0 Å². The van der Waals surface area contributed by atoms with Crippen LogP contribution in [-0.4, -0.2) is 10.9 Å². The summed E-state index contributed by atoms with van der Waals surface area (Å²) in [5, 5.41) is 12.5. The van der Waals surface area contributed by atoms with Crippen LogP contribution in [0.5, 0.6) is 0 Å². The topological polar surface area (TPSA) is 65.8 Å². The number of carbonyl (C=O) groups is 1. The fourth-order valence-corrected chi connectivity index (χ4v) is 2.96. The lowest BCUT2D eigenvalue weighted by molar-refractivity contribution is 0.102. The molecule has 1 aromatic heterocycles. The van der Waals surface area contributed by atoms with Gasteiger partial charge in [0.25, 0.3) is 5.91 Å². The molecular weight excluding hydrogens is 353 g/mol. The molecule has 0 fully saturated rings. The predicted octanol–water partition coefficient (Wildman–Crippen LogP) is 5.16. The number of pyridine rings is 1. The number of nitrogens with zero attached hydrogens (tertiary/aromatic N) is 2. The van der Waals surface area contributed by atoms with Gasteiger partial charge in [-0.15, -0.1) is 0 Å². The summed E-state index contributed by atoms with van der Waals surface area (Å²) in [5.74, 6) is -0.616. The Kier molecular flexibility index (Phi) is 4.53. The van der Waals surface area contributed by atoms with E-state index in [1.165, 1.54) is 12.1 Å². The number of nitrogens with one attached hydrogen (secondary N) is 1. The molecule has 0 saturated carbocycles. The lowest BCUT2D eigenvalue weighted by Gasteiger charge is -2.11. The number of hydrogen-bond donors (Lipinski definition) is 1. The molecule has 0 atom stereocenters. The van der Waals surface area contributed by atoms with Crippen molar-refractivity contribution in [3.63, 3.8) is 0 Å². The number of nitriles is 1. The zero-order valence-corrected chi connectivity index (χ0v) is 14.7. The van der Waals surface area contributed by atoms with Crippen molar-refractivity contribution in [3.8, 4) is 17.3 Å². The quantitative estimate of drug-likeness (QED) is 0.543. The Labute approximate surface area is 160 Å². The van der Waals surface area contributed by atoms with E-state index in [1.54, 1.807) is 42.5 Å². The summed E-state index contributed by atoms with van der Waals surface area (Å²) in [7, 11) is 0. The van der Waals surface area contributed by atoms with Gasteiger partial charge in [0, 0.05) is 16.6 Å². The number of halogens is 1. The Morgan fingerprint density at radius 3 is 2.39 bits per heavy atom. The summed E-state index contributed by atoms with van der Waals surface area (Å²) in [4.78, 5) is 17.6. The van der Waals surface area contributed by atoms with Crippen molar-refractivity contribution in [2.24, 2.45) is 0 Å². The molecule has 0 aliphatic heterocycles. The molecule has 0 bridgehead atoms. The van der Waals surface area contributed by atoms with E-state index in [0.29, 0.717) is 28.0 Å². The van der Waals surface area contributed by atoms with Crippen LogP contribution in [0.25, 0.3) is 22.2 Å². The lowest BCUT2D eigenvalue weighted by Crippen LogP contribution is -2.13. The molecule has 1 N–H and O–H groups in total. The minimum atomic E-state index is -0.330. The second-order valence-electron chi connectivity index (χ2n) is 6.22. The minimum Gasteiger partial charge on any atom is -0.322 e. The number of amides is 1. The molecule has 4 aromatic rings. The maximum absolute atomic E-state index is 13.3. The Morgan fingerprint density at radius 2 is 1.68 bits per heavy atom. The van der Waals surface area contributed by atoms with Gasteiger partial charge < -0.3 is 5.32 Å². The number of aromatic nitrogens is 1. The van der Waals surface area contributed by atoms with Crippen molar-refractivity contribution >= 4 is 22.5 Å². The fraction of sp³-hybridized carbons (Fsp3) is 0. The molecule has 134 valence electrons. The predicted molar refractivity (Wildman–Crippen MR) is 106 cm³/mol. The zero-order valence-electron chi connectivity index (χ0n) is 14.7. The third kappa shape index (κ3) is 3.44. The van der Waals surface area contributed by atoms with Gasteiger partial charge in [0.05, 0.1) is 28.4 Å². The van der Waals surface area contributed by atoms with Crippen molar-refractivity contribution in [2.75, 3.05) is 5.32 Å². The van der Waals surface area contributed by atoms with Crippen LogP contribution in [0.1, 0.15) is 15.9 Å². The molecular formula is C23H14FN3O. The smallest absolute Gasteiger partial charge is 0.256 e. The highest BCUT2D eigenvalue weighted by molar-refractivity contribution is 6.13. The number of para-hydroxylation sites is 1. The van der Waals surface area contributed by atoms with E-state index in [4.69, 9.17) is 5.26 Å². The van der Waals surface area contributed by atoms with E-state index < -0.39 is 0 Å². The summed E-state index contributed by atoms with van der Waals surface area (Å²) in [6, 6.07) is 23.8. The van der Waals surface area contributed by atoms with Crippen LogP contribution in [0.4, 0.5) is 10.1 Å². The molecule has 0 unspecified atom stereocenters. The molecule has 0 saturated heterocycles. The number of carbonyl (C=O) groups excluding carboxylic acids is 1. The van der Waals surface area contributed by atoms with Crippen molar-refractivity contribution < 1.29 is 9.18 Å². The van der Waals surface area contributed by atoms with Crippen LogP contribution in [0.3, 0.4) is 0 Å². The zero-order chi connectivity index (χ0) is 19.5. The Morgan fingerprint density at radius 1 is 0.964 bits per heavy atom. The standard InChI is InChI=1S/C23H14FN3O/c24-17-9-7-16(8-10-17)22-13-20(19-3-1-2-4-21(19)27-22)23(28)26-18-11-5-15(14-25)6-12-18/h1-13H,(H,26,28). The van der Waals surface area contributed by atoms with Crippen LogP contribution in [0, 0.1) is 17.1 Å². The van der Waals surface area contributed by atoms with Crippen LogP contribution in [-0.2, 0) is 0 Å². The maximum atomic E-state index is 13.3. The Hall–Kier alpha value is -4.04. The monoisotopic (exact) mass is 367 g/mol. The van der Waals surface area contributed by atoms with Crippen LogP contribution in [0.2, 0.25) is 0 Å². The fourth-order valence-electron chi connectivity index (χ4n) is 2.96. The van der Waals surface area contributed by atoms with Gasteiger partial charge >= 0.3 is 0 Å². The van der Waals surface area contributed by atoms with Crippen LogP contribution >= 0.6 is 0 Å². The number of anilines is 1. The number of rotatable bonds is 3. The molecule has 3 aromatic carbocycles. The van der Waals surface area contributed by atoms with Gasteiger partial charge in [0.2, 0.25) is 0 Å². The van der Waals surface area contributed by atoms with E-state index >= 15 is 0 Å². The summed E-state index contributed by atoms with van der Waals surface area (Å²) in [6.45, 7) is 0. The van der Waals surface area contributed by atoms with Gasteiger partial charge in [-0.3, -0.25) is 4.79 Å². The first-order valence-corrected chi connectivity index (χ1v) is 8.61. The average Bonchev–Trinajstić information content (AvgIpc) is 2.74. The molecule has 1 heterocycles. The number of benzene rings is 3. The Balaban J connectivity index is 1.76. The Bertz CT molecular complexity index is 1210. The van der Waals surface area contributed by atoms with Gasteiger partial charge in [-0.2, -0.15) is 5.26 Å². The number of hydrogen-bond acceptors (Lipinski definition) is 3. The second-order valence-corrected chi connectivity index (χ2v) is 6.22. The second kappa shape index (κ2) is 7.29. The first-order chi connectivity index (χ1) is 13.6. The molecule has 0 spiro atoms. The van der Waals surface area contributed by atoms with Crippen molar-refractivity contribution in [1.29, 1.82) is 5.26 Å². The van der Waals surface area contributed by atoms with E-state index in [1.807, 2.05) is 30.3 Å². The molecule has 28 heavy (non-hydrogen) atoms. The van der Waals surface area contributed by atoms with E-state index in [-0.39, 0.29) is 11.7 Å². The third-order valence-electron chi connectivity index (χ3n) is 4.37. The highest BCUT2D eigenvalue weighted by atomic mass is 19.1. The summed E-state index contributed by atoms with van der Waals surface area (Å²) >= 11 is 0.